The van der Waals surface area contributed by atoms with E-state index in [0.29, 0.717) is 11.5 Å². The van der Waals surface area contributed by atoms with Crippen molar-refractivity contribution in [1.82, 2.24) is 0 Å². The van der Waals surface area contributed by atoms with Crippen LogP contribution in [0.5, 0.6) is 17.2 Å². The van der Waals surface area contributed by atoms with Crippen molar-refractivity contribution in [2.45, 2.75) is 6.92 Å². The van der Waals surface area contributed by atoms with Gasteiger partial charge in [-0.3, -0.25) is 4.79 Å². The molecular weight excluding hydrogens is 296 g/mol. The smallest absolute Gasteiger partial charge is 0.167 e. The zero-order valence-electron chi connectivity index (χ0n) is 9.68. The summed E-state index contributed by atoms with van der Waals surface area (Å²) >= 11 is 3.33. The molecule has 0 aliphatic carbocycles. The zero-order valence-corrected chi connectivity index (χ0v) is 11.3. The first-order valence-electron chi connectivity index (χ1n) is 5.34. The number of hydrogen-bond acceptors (Lipinski definition) is 3. The van der Waals surface area contributed by atoms with Gasteiger partial charge in [0.1, 0.15) is 22.8 Å². The second-order valence-corrected chi connectivity index (χ2v) is 4.68. The largest absolute Gasteiger partial charge is 0.507 e. The molecule has 0 fully saturated rings. The summed E-state index contributed by atoms with van der Waals surface area (Å²) in [6, 6.07) is 12.0. The number of halogens is 1. The molecule has 0 heterocycles. The van der Waals surface area contributed by atoms with Crippen LogP contribution in [0.3, 0.4) is 0 Å². The molecule has 2 aromatic rings. The molecule has 0 radical (unpaired) electrons. The second-order valence-electron chi connectivity index (χ2n) is 3.76. The molecule has 0 aliphatic heterocycles. The van der Waals surface area contributed by atoms with E-state index in [2.05, 4.69) is 15.9 Å². The average Bonchev–Trinajstić information content (AvgIpc) is 2.32. The van der Waals surface area contributed by atoms with E-state index in [1.54, 1.807) is 24.3 Å². The lowest BCUT2D eigenvalue weighted by molar-refractivity contribution is 0.101. The Labute approximate surface area is 113 Å². The van der Waals surface area contributed by atoms with E-state index in [0.717, 1.165) is 4.47 Å². The van der Waals surface area contributed by atoms with Crippen molar-refractivity contribution < 1.29 is 14.6 Å². The highest BCUT2D eigenvalue weighted by atomic mass is 79.9. The highest BCUT2D eigenvalue weighted by Gasteiger charge is 2.14. The summed E-state index contributed by atoms with van der Waals surface area (Å²) < 4.78 is 6.55. The van der Waals surface area contributed by atoms with Gasteiger partial charge in [0.25, 0.3) is 0 Å². The van der Waals surface area contributed by atoms with Crippen LogP contribution in [-0.4, -0.2) is 10.9 Å². The summed E-state index contributed by atoms with van der Waals surface area (Å²) in [4.78, 5) is 11.5. The summed E-state index contributed by atoms with van der Waals surface area (Å²) in [5, 5.41) is 9.68. The summed E-state index contributed by atoms with van der Waals surface area (Å²) in [7, 11) is 0. The van der Waals surface area contributed by atoms with Crippen LogP contribution >= 0.6 is 15.9 Å². The number of benzene rings is 2. The minimum atomic E-state index is -0.236. The van der Waals surface area contributed by atoms with Crippen LogP contribution in [0.25, 0.3) is 0 Å². The summed E-state index contributed by atoms with van der Waals surface area (Å²) in [5.41, 5.74) is 0.195. The van der Waals surface area contributed by atoms with Gasteiger partial charge in [0.15, 0.2) is 5.78 Å². The van der Waals surface area contributed by atoms with Crippen molar-refractivity contribution in [2.24, 2.45) is 0 Å². The fourth-order valence-electron chi connectivity index (χ4n) is 1.59. The quantitative estimate of drug-likeness (QED) is 0.867. The van der Waals surface area contributed by atoms with E-state index >= 15 is 0 Å². The maximum Gasteiger partial charge on any atom is 0.167 e. The van der Waals surface area contributed by atoms with Crippen LogP contribution in [0.1, 0.15) is 17.3 Å². The lowest BCUT2D eigenvalue weighted by atomic mass is 10.1. The molecule has 92 valence electrons. The first kappa shape index (κ1) is 12.6. The van der Waals surface area contributed by atoms with Crippen molar-refractivity contribution in [3.05, 3.63) is 52.5 Å². The summed E-state index contributed by atoms with van der Waals surface area (Å²) in [5.74, 6) is 0.647. The van der Waals surface area contributed by atoms with Crippen molar-refractivity contribution >= 4 is 21.7 Å². The van der Waals surface area contributed by atoms with Gasteiger partial charge in [-0.05, 0) is 43.3 Å². The number of phenolic OH excluding ortho intramolecular Hbond substituents is 1. The molecule has 0 amide bonds. The molecule has 2 rings (SSSR count). The minimum Gasteiger partial charge on any atom is -0.507 e. The third-order valence-corrected chi connectivity index (χ3v) is 2.93. The van der Waals surface area contributed by atoms with Gasteiger partial charge in [-0.15, -0.1) is 0 Å². The van der Waals surface area contributed by atoms with Crippen molar-refractivity contribution in [2.75, 3.05) is 0 Å². The third-order valence-electron chi connectivity index (χ3n) is 2.40. The molecule has 2 aromatic carbocycles. The number of phenols is 1. The van der Waals surface area contributed by atoms with Gasteiger partial charge in [0.05, 0.1) is 0 Å². The number of carbonyl (C=O) groups is 1. The predicted octanol–water partition coefficient (Wildman–Crippen LogP) is 4.15. The normalized spacial score (nSPS) is 10.1. The molecule has 0 spiro atoms. The Balaban J connectivity index is 2.37. The standard InChI is InChI=1S/C14H11BrO3/c1-9(16)14-12(17)3-2-4-13(14)18-11-7-5-10(15)6-8-11/h2-8,17H,1H3. The van der Waals surface area contributed by atoms with Gasteiger partial charge in [0, 0.05) is 4.47 Å². The Morgan fingerprint density at radius 3 is 2.44 bits per heavy atom. The Hall–Kier alpha value is -1.81. The third kappa shape index (κ3) is 2.71. The highest BCUT2D eigenvalue weighted by molar-refractivity contribution is 9.10. The van der Waals surface area contributed by atoms with Gasteiger partial charge < -0.3 is 9.84 Å². The van der Waals surface area contributed by atoms with Crippen LogP contribution < -0.4 is 4.74 Å². The number of ether oxygens (including phenoxy) is 1. The van der Waals surface area contributed by atoms with Gasteiger partial charge in [0.2, 0.25) is 0 Å². The summed E-state index contributed by atoms with van der Waals surface area (Å²) in [6.07, 6.45) is 0. The lowest BCUT2D eigenvalue weighted by Crippen LogP contribution is -1.97. The van der Waals surface area contributed by atoms with E-state index in [4.69, 9.17) is 4.74 Å². The molecular formula is C14H11BrO3. The first-order chi connectivity index (χ1) is 8.58. The number of Topliss-reactive ketones (excluding diaryl/α,β-unsaturated/α-hetero) is 1. The van der Waals surface area contributed by atoms with Gasteiger partial charge in [-0.2, -0.15) is 0 Å². The molecule has 0 atom stereocenters. The molecule has 0 aliphatic rings. The van der Waals surface area contributed by atoms with Gasteiger partial charge in [-0.25, -0.2) is 0 Å². The molecule has 0 unspecified atom stereocenters. The number of ketones is 1. The van der Waals surface area contributed by atoms with Crippen LogP contribution in [0.2, 0.25) is 0 Å². The van der Waals surface area contributed by atoms with E-state index in [9.17, 15) is 9.90 Å². The maximum atomic E-state index is 11.5. The molecule has 0 aromatic heterocycles. The average molecular weight is 307 g/mol. The SMILES string of the molecule is CC(=O)c1c(O)cccc1Oc1ccc(Br)cc1. The molecule has 0 saturated heterocycles. The Morgan fingerprint density at radius 2 is 1.83 bits per heavy atom. The van der Waals surface area contributed by atoms with Gasteiger partial charge in [-0.1, -0.05) is 22.0 Å². The molecule has 18 heavy (non-hydrogen) atoms. The molecule has 0 saturated carbocycles. The van der Waals surface area contributed by atoms with Crippen LogP contribution in [-0.2, 0) is 0 Å². The monoisotopic (exact) mass is 306 g/mol. The zero-order chi connectivity index (χ0) is 13.1. The van der Waals surface area contributed by atoms with Crippen LogP contribution in [0, 0.1) is 0 Å². The highest BCUT2D eigenvalue weighted by Crippen LogP contribution is 2.31. The Kier molecular flexibility index (Phi) is 3.67. The number of hydrogen-bond donors (Lipinski definition) is 1. The first-order valence-corrected chi connectivity index (χ1v) is 6.13. The maximum absolute atomic E-state index is 11.5. The van der Waals surface area contributed by atoms with E-state index in [1.165, 1.54) is 13.0 Å². The fourth-order valence-corrected chi connectivity index (χ4v) is 1.85. The van der Waals surface area contributed by atoms with Crippen molar-refractivity contribution in [3.63, 3.8) is 0 Å². The van der Waals surface area contributed by atoms with Crippen molar-refractivity contribution in [3.8, 4) is 17.2 Å². The lowest BCUT2D eigenvalue weighted by Gasteiger charge is -2.10. The van der Waals surface area contributed by atoms with Gasteiger partial charge >= 0.3 is 0 Å². The molecule has 3 nitrogen and oxygen atoms in total. The van der Waals surface area contributed by atoms with Crippen LogP contribution in [0.4, 0.5) is 0 Å². The van der Waals surface area contributed by atoms with Crippen LogP contribution in [0.15, 0.2) is 46.9 Å². The number of aromatic hydroxyl groups is 1. The molecule has 0 bridgehead atoms. The predicted molar refractivity (Wildman–Crippen MR) is 72.3 cm³/mol. The fraction of sp³-hybridized carbons (Fsp3) is 0.0714. The second kappa shape index (κ2) is 5.23. The summed E-state index contributed by atoms with van der Waals surface area (Å²) in [6.45, 7) is 1.39. The number of rotatable bonds is 3. The van der Waals surface area contributed by atoms with E-state index in [-0.39, 0.29) is 17.1 Å². The molecule has 4 heteroatoms. The number of carbonyl (C=O) groups excluding carboxylic acids is 1. The molecule has 1 N–H and O–H groups in total. The Bertz CT molecular complexity index is 576. The van der Waals surface area contributed by atoms with Crippen molar-refractivity contribution in [1.29, 1.82) is 0 Å². The minimum absolute atomic E-state index is 0.0721. The Morgan fingerprint density at radius 1 is 1.17 bits per heavy atom. The van der Waals surface area contributed by atoms with E-state index in [1.807, 2.05) is 12.1 Å². The topological polar surface area (TPSA) is 46.5 Å². The van der Waals surface area contributed by atoms with E-state index < -0.39 is 0 Å².